The molecule has 1 saturated heterocycles. The van der Waals surface area contributed by atoms with Gasteiger partial charge in [0.2, 0.25) is 0 Å². The second kappa shape index (κ2) is 8.59. The first-order valence-electron chi connectivity index (χ1n) is 9.42. The number of aromatic nitrogens is 1. The van der Waals surface area contributed by atoms with E-state index in [9.17, 15) is 9.00 Å². The third-order valence-electron chi connectivity index (χ3n) is 4.96. The van der Waals surface area contributed by atoms with Crippen LogP contribution in [0.5, 0.6) is 0 Å². The summed E-state index contributed by atoms with van der Waals surface area (Å²) in [5.74, 6) is -0.145. The molecule has 2 N–H and O–H groups in total. The Morgan fingerprint density at radius 2 is 1.82 bits per heavy atom. The maximum Gasteiger partial charge on any atom is 0.267 e. The maximum atomic E-state index is 12.6. The second-order valence-corrected chi connectivity index (χ2v) is 9.38. The lowest BCUT2D eigenvalue weighted by atomic mass is 10.2. The van der Waals surface area contributed by atoms with E-state index in [0.29, 0.717) is 12.2 Å². The number of aromatic amines is 1. The summed E-state index contributed by atoms with van der Waals surface area (Å²) in [5.41, 5.74) is 2.44. The van der Waals surface area contributed by atoms with E-state index in [4.69, 9.17) is 0 Å². The van der Waals surface area contributed by atoms with Crippen molar-refractivity contribution in [2.24, 2.45) is 0 Å². The fourth-order valence-electron chi connectivity index (χ4n) is 3.41. The van der Waals surface area contributed by atoms with Gasteiger partial charge >= 0.3 is 0 Å². The van der Waals surface area contributed by atoms with Crippen LogP contribution < -0.4 is 5.32 Å². The lowest BCUT2D eigenvalue weighted by molar-refractivity contribution is 0.0946. The second-order valence-electron chi connectivity index (χ2n) is 6.98. The summed E-state index contributed by atoms with van der Waals surface area (Å²) in [5, 5.41) is 3.92. The summed E-state index contributed by atoms with van der Waals surface area (Å²) in [6.07, 6.45) is 3.45. The van der Waals surface area contributed by atoms with E-state index < -0.39 is 11.0 Å². The number of fused-ring (bicyclic) bond motifs is 1. The van der Waals surface area contributed by atoms with Crippen LogP contribution in [-0.2, 0) is 17.5 Å². The molecule has 0 aliphatic carbocycles. The molecule has 1 atom stereocenters. The molecule has 146 valence electrons. The van der Waals surface area contributed by atoms with Gasteiger partial charge in [0.05, 0.1) is 4.90 Å². The van der Waals surface area contributed by atoms with E-state index in [1.807, 2.05) is 52.8 Å². The number of nitrogens with one attached hydrogen (secondary N) is 2. The zero-order valence-electron chi connectivity index (χ0n) is 15.4. The predicted octanol–water partition coefficient (Wildman–Crippen LogP) is 4.37. The summed E-state index contributed by atoms with van der Waals surface area (Å²) in [6.45, 7) is 2.21. The molecule has 1 aromatic heterocycles. The molecular formula is C21H22BrN3O2S. The first-order valence-corrected chi connectivity index (χ1v) is 11.3. The van der Waals surface area contributed by atoms with Gasteiger partial charge in [0.25, 0.3) is 5.91 Å². The van der Waals surface area contributed by atoms with Gasteiger partial charge in [-0.3, -0.25) is 4.79 Å². The maximum absolute atomic E-state index is 12.6. The lowest BCUT2D eigenvalue weighted by Crippen LogP contribution is -2.31. The average molecular weight is 460 g/mol. The fourth-order valence-corrected chi connectivity index (χ4v) is 5.04. The highest BCUT2D eigenvalue weighted by Gasteiger charge is 2.17. The SMILES string of the molecule is O=C(NCc1ccc(S(=O)N2CCCCC2)cc1)c1cc2cc(Br)ccc2[nH]1. The van der Waals surface area contributed by atoms with Crippen molar-refractivity contribution in [1.29, 1.82) is 0 Å². The Morgan fingerprint density at radius 3 is 2.57 bits per heavy atom. The number of amides is 1. The van der Waals surface area contributed by atoms with Crippen LogP contribution in [0, 0.1) is 0 Å². The molecule has 5 nitrogen and oxygen atoms in total. The largest absolute Gasteiger partial charge is 0.351 e. The van der Waals surface area contributed by atoms with Crippen LogP contribution in [0.2, 0.25) is 0 Å². The van der Waals surface area contributed by atoms with Crippen LogP contribution in [0.3, 0.4) is 0 Å². The Hall–Kier alpha value is -1.96. The van der Waals surface area contributed by atoms with E-state index in [0.717, 1.165) is 51.8 Å². The average Bonchev–Trinajstić information content (AvgIpc) is 3.16. The molecule has 0 radical (unpaired) electrons. The van der Waals surface area contributed by atoms with Crippen molar-refractivity contribution in [1.82, 2.24) is 14.6 Å². The number of piperidine rings is 1. The van der Waals surface area contributed by atoms with Gasteiger partial charge in [-0.1, -0.05) is 34.5 Å². The van der Waals surface area contributed by atoms with E-state index >= 15 is 0 Å². The molecule has 2 aromatic carbocycles. The van der Waals surface area contributed by atoms with Crippen molar-refractivity contribution in [2.75, 3.05) is 13.1 Å². The molecule has 0 spiro atoms. The van der Waals surface area contributed by atoms with Gasteiger partial charge < -0.3 is 10.3 Å². The van der Waals surface area contributed by atoms with Gasteiger partial charge in [0, 0.05) is 35.0 Å². The minimum atomic E-state index is -1.09. The third-order valence-corrected chi connectivity index (χ3v) is 6.96. The third kappa shape index (κ3) is 4.37. The highest BCUT2D eigenvalue weighted by Crippen LogP contribution is 2.21. The molecule has 2 heterocycles. The molecule has 28 heavy (non-hydrogen) atoms. The summed E-state index contributed by atoms with van der Waals surface area (Å²) in [7, 11) is -1.09. The quantitative estimate of drug-likeness (QED) is 0.594. The van der Waals surface area contributed by atoms with Crippen molar-refractivity contribution in [3.05, 3.63) is 64.3 Å². The number of rotatable bonds is 5. The first-order chi connectivity index (χ1) is 13.6. The van der Waals surface area contributed by atoms with E-state index in [2.05, 4.69) is 26.2 Å². The van der Waals surface area contributed by atoms with Crippen LogP contribution >= 0.6 is 15.9 Å². The Labute approximate surface area is 175 Å². The number of halogens is 1. The van der Waals surface area contributed by atoms with Crippen molar-refractivity contribution in [3.8, 4) is 0 Å². The molecule has 0 bridgehead atoms. The number of carbonyl (C=O) groups is 1. The smallest absolute Gasteiger partial charge is 0.267 e. The molecular weight excluding hydrogens is 438 g/mol. The number of H-pyrrole nitrogens is 1. The topological polar surface area (TPSA) is 65.2 Å². The summed E-state index contributed by atoms with van der Waals surface area (Å²) >= 11 is 3.44. The van der Waals surface area contributed by atoms with Gasteiger partial charge in [-0.25, -0.2) is 8.51 Å². The number of carbonyl (C=O) groups excluding carboxylic acids is 1. The highest BCUT2D eigenvalue weighted by atomic mass is 79.9. The molecule has 3 aromatic rings. The molecule has 0 saturated carbocycles. The number of benzene rings is 2. The molecule has 4 rings (SSSR count). The van der Waals surface area contributed by atoms with Crippen LogP contribution in [-0.4, -0.2) is 32.5 Å². The van der Waals surface area contributed by atoms with Crippen LogP contribution in [0.1, 0.15) is 35.3 Å². The lowest BCUT2D eigenvalue weighted by Gasteiger charge is -2.25. The Bertz CT molecular complexity index is 1010. The standard InChI is InChI=1S/C21H22BrN3O2S/c22-17-6-9-19-16(12-17)13-20(24-19)21(26)23-14-15-4-7-18(8-5-15)28(27)25-10-2-1-3-11-25/h4-9,12-13,24H,1-3,10-11,14H2,(H,23,26). The van der Waals surface area contributed by atoms with Crippen molar-refractivity contribution in [3.63, 3.8) is 0 Å². The van der Waals surface area contributed by atoms with E-state index in [-0.39, 0.29) is 5.91 Å². The van der Waals surface area contributed by atoms with Crippen molar-refractivity contribution >= 4 is 43.7 Å². The van der Waals surface area contributed by atoms with Crippen LogP contribution in [0.15, 0.2) is 57.9 Å². The molecule has 1 fully saturated rings. The van der Waals surface area contributed by atoms with Crippen molar-refractivity contribution in [2.45, 2.75) is 30.7 Å². The van der Waals surface area contributed by atoms with Gasteiger partial charge in [0.1, 0.15) is 16.7 Å². The Balaban J connectivity index is 1.37. The summed E-state index contributed by atoms with van der Waals surface area (Å²) in [6, 6.07) is 15.4. The Morgan fingerprint density at radius 1 is 1.07 bits per heavy atom. The zero-order chi connectivity index (χ0) is 19.5. The molecule has 1 unspecified atom stereocenters. The molecule has 7 heteroatoms. The van der Waals surface area contributed by atoms with Gasteiger partial charge in [-0.05, 0) is 54.8 Å². The van der Waals surface area contributed by atoms with Crippen molar-refractivity contribution < 1.29 is 9.00 Å². The van der Waals surface area contributed by atoms with E-state index in [1.165, 1.54) is 6.42 Å². The first kappa shape index (κ1) is 19.4. The zero-order valence-corrected chi connectivity index (χ0v) is 17.8. The molecule has 1 aliphatic rings. The van der Waals surface area contributed by atoms with Crippen LogP contribution in [0.4, 0.5) is 0 Å². The summed E-state index contributed by atoms with van der Waals surface area (Å²) < 4.78 is 15.6. The molecule has 1 aliphatic heterocycles. The number of hydrogen-bond donors (Lipinski definition) is 2. The normalized spacial score (nSPS) is 16.2. The number of hydrogen-bond acceptors (Lipinski definition) is 2. The van der Waals surface area contributed by atoms with Crippen LogP contribution in [0.25, 0.3) is 10.9 Å². The van der Waals surface area contributed by atoms with Gasteiger partial charge in [-0.15, -0.1) is 0 Å². The van der Waals surface area contributed by atoms with Gasteiger partial charge in [0.15, 0.2) is 0 Å². The van der Waals surface area contributed by atoms with E-state index in [1.54, 1.807) is 0 Å². The Kier molecular flexibility index (Phi) is 5.94. The van der Waals surface area contributed by atoms with Gasteiger partial charge in [-0.2, -0.15) is 0 Å². The minimum absolute atomic E-state index is 0.145. The molecule has 1 amide bonds. The highest BCUT2D eigenvalue weighted by molar-refractivity contribution is 9.10. The number of nitrogens with zero attached hydrogens (tertiary/aromatic N) is 1. The fraction of sp³-hybridized carbons (Fsp3) is 0.286. The monoisotopic (exact) mass is 459 g/mol. The minimum Gasteiger partial charge on any atom is -0.351 e. The summed E-state index contributed by atoms with van der Waals surface area (Å²) in [4.78, 5) is 16.4. The predicted molar refractivity (Wildman–Crippen MR) is 115 cm³/mol.